The third-order valence-corrected chi connectivity index (χ3v) is 13.0. The van der Waals surface area contributed by atoms with Gasteiger partial charge in [-0.3, -0.25) is 0 Å². The molecule has 4 aliphatic rings. The van der Waals surface area contributed by atoms with Crippen molar-refractivity contribution in [2.75, 3.05) is 0 Å². The van der Waals surface area contributed by atoms with Crippen LogP contribution in [0.25, 0.3) is 5.57 Å². The van der Waals surface area contributed by atoms with Crippen molar-refractivity contribution in [1.82, 2.24) is 0 Å². The number of allylic oxidation sites excluding steroid dienone is 1. The zero-order valence-electron chi connectivity index (χ0n) is 25.3. The zero-order chi connectivity index (χ0) is 28.1. The summed E-state index contributed by atoms with van der Waals surface area (Å²) in [6.45, 7) is 9.93. The lowest BCUT2D eigenvalue weighted by Gasteiger charge is -2.64. The van der Waals surface area contributed by atoms with Gasteiger partial charge in [-0.25, -0.2) is 0 Å². The third-order valence-electron chi connectivity index (χ3n) is 13.0. The van der Waals surface area contributed by atoms with Gasteiger partial charge in [-0.1, -0.05) is 101 Å². The second-order valence-corrected chi connectivity index (χ2v) is 14.7. The molecule has 2 N–H and O–H groups in total. The quantitative estimate of drug-likeness (QED) is 0.384. The normalized spacial score (nSPS) is 41.4. The third kappa shape index (κ3) is 4.62. The fourth-order valence-corrected chi connectivity index (χ4v) is 11.0. The monoisotopic (exact) mass is 540 g/mol. The summed E-state index contributed by atoms with van der Waals surface area (Å²) in [5, 5.41) is 22.6. The van der Waals surface area contributed by atoms with Gasteiger partial charge in [0, 0.05) is 0 Å². The highest BCUT2D eigenvalue weighted by atomic mass is 16.3. The average Bonchev–Trinajstić information content (AvgIpc) is 3.32. The Morgan fingerprint density at radius 2 is 1.43 bits per heavy atom. The van der Waals surface area contributed by atoms with Crippen molar-refractivity contribution in [3.05, 3.63) is 77.9 Å². The van der Waals surface area contributed by atoms with Gasteiger partial charge in [0.05, 0.1) is 12.2 Å². The van der Waals surface area contributed by atoms with Gasteiger partial charge >= 0.3 is 0 Å². The van der Waals surface area contributed by atoms with Gasteiger partial charge in [0.2, 0.25) is 0 Å². The summed E-state index contributed by atoms with van der Waals surface area (Å²) in [6.07, 6.45) is 12.4. The first-order valence-corrected chi connectivity index (χ1v) is 16.4. The smallest absolute Gasteiger partial charge is 0.0605 e. The highest BCUT2D eigenvalue weighted by Gasteiger charge is 2.64. The van der Waals surface area contributed by atoms with E-state index in [1.807, 2.05) is 0 Å². The van der Waals surface area contributed by atoms with Crippen molar-refractivity contribution in [3.63, 3.8) is 0 Å². The van der Waals surface area contributed by atoms with E-state index >= 15 is 0 Å². The molecule has 6 rings (SSSR count). The van der Waals surface area contributed by atoms with Crippen molar-refractivity contribution in [2.45, 2.75) is 97.7 Å². The Balaban J connectivity index is 1.26. The van der Waals surface area contributed by atoms with E-state index in [4.69, 9.17) is 0 Å². The van der Waals surface area contributed by atoms with Crippen molar-refractivity contribution in [1.29, 1.82) is 0 Å². The van der Waals surface area contributed by atoms with Crippen LogP contribution >= 0.6 is 0 Å². The molecule has 2 nitrogen and oxygen atoms in total. The van der Waals surface area contributed by atoms with Gasteiger partial charge in [-0.05, 0) is 120 Å². The van der Waals surface area contributed by atoms with Gasteiger partial charge in [0.25, 0.3) is 0 Å². The Labute approximate surface area is 243 Å². The molecule has 4 aliphatic carbocycles. The Bertz CT molecular complexity index is 1130. The largest absolute Gasteiger partial charge is 0.393 e. The molecule has 0 saturated heterocycles. The Morgan fingerprint density at radius 1 is 0.825 bits per heavy atom. The van der Waals surface area contributed by atoms with Gasteiger partial charge in [0.15, 0.2) is 0 Å². The lowest BCUT2D eigenvalue weighted by Crippen LogP contribution is -2.62. The molecule has 0 aliphatic heterocycles. The second-order valence-electron chi connectivity index (χ2n) is 14.7. The van der Waals surface area contributed by atoms with Crippen LogP contribution in [0.3, 0.4) is 0 Å². The molecule has 4 saturated carbocycles. The number of hydrogen-bond acceptors (Lipinski definition) is 2. The van der Waals surface area contributed by atoms with E-state index in [2.05, 4.69) is 94.4 Å². The van der Waals surface area contributed by atoms with Crippen LogP contribution in [0.2, 0.25) is 0 Å². The van der Waals surface area contributed by atoms with E-state index in [9.17, 15) is 10.2 Å². The molecule has 0 spiro atoms. The topological polar surface area (TPSA) is 40.5 Å². The van der Waals surface area contributed by atoms with E-state index in [1.165, 1.54) is 42.4 Å². The molecule has 0 bridgehead atoms. The molecule has 2 aromatic carbocycles. The molecule has 2 heteroatoms. The van der Waals surface area contributed by atoms with Gasteiger partial charge < -0.3 is 10.2 Å². The first kappa shape index (κ1) is 28.2. The minimum absolute atomic E-state index is 0.175. The average molecular weight is 541 g/mol. The lowest BCUT2D eigenvalue weighted by molar-refractivity contribution is -0.203. The van der Waals surface area contributed by atoms with Crippen LogP contribution < -0.4 is 0 Å². The van der Waals surface area contributed by atoms with Gasteiger partial charge in [0.1, 0.15) is 0 Å². The summed E-state index contributed by atoms with van der Waals surface area (Å²) in [4.78, 5) is 0. The van der Waals surface area contributed by atoms with E-state index in [0.717, 1.165) is 32.1 Å². The number of aliphatic hydroxyl groups is 2. The lowest BCUT2D eigenvalue weighted by atomic mass is 9.41. The SMILES string of the molecule is CC[C@H]1[C@@H](O)[C@H]2C3CCC([C@H](C)CC=C(c4ccccc4)c4ccccc4)[C@@]3(C)CCC2[C@@]2(C)CC[C@@H](O)C[C@@H]12. The molecule has 0 radical (unpaired) electrons. The molecule has 4 fully saturated rings. The van der Waals surface area contributed by atoms with Crippen molar-refractivity contribution in [2.24, 2.45) is 52.3 Å². The summed E-state index contributed by atoms with van der Waals surface area (Å²) in [6, 6.07) is 21.8. The van der Waals surface area contributed by atoms with Crippen LogP contribution in [-0.4, -0.2) is 22.4 Å². The number of fused-ring (bicyclic) bond motifs is 5. The van der Waals surface area contributed by atoms with E-state index in [-0.39, 0.29) is 17.6 Å². The highest BCUT2D eigenvalue weighted by Crippen LogP contribution is 2.69. The molecular weight excluding hydrogens is 488 g/mol. The van der Waals surface area contributed by atoms with Crippen LogP contribution in [0.4, 0.5) is 0 Å². The molecule has 216 valence electrons. The van der Waals surface area contributed by atoms with Crippen molar-refractivity contribution >= 4 is 5.57 Å². The standard InChI is InChI=1S/C38H52O2/c1-5-29-34-24-28(39)20-22-38(34,4)33-21-23-37(3)31(18-19-32(37)35(33)36(29)40)25(2)16-17-30(26-12-8-6-9-13-26)27-14-10-7-11-15-27/h6-15,17,25,28-29,31-36,39-40H,5,16,18-24H2,1-4H3/t25-,28-,29-,31?,32?,33?,34+,35+,36-,37-,38-/m1/s1. The van der Waals surface area contributed by atoms with Crippen LogP contribution in [0.5, 0.6) is 0 Å². The van der Waals surface area contributed by atoms with E-state index in [1.54, 1.807) is 0 Å². The van der Waals surface area contributed by atoms with Crippen LogP contribution in [0.15, 0.2) is 66.7 Å². The summed E-state index contributed by atoms with van der Waals surface area (Å²) >= 11 is 0. The minimum atomic E-state index is -0.209. The van der Waals surface area contributed by atoms with E-state index < -0.39 is 0 Å². The zero-order valence-corrected chi connectivity index (χ0v) is 25.3. The molecular formula is C38H52O2. The van der Waals surface area contributed by atoms with Crippen LogP contribution in [0.1, 0.15) is 96.6 Å². The molecule has 3 unspecified atom stereocenters. The maximum absolute atomic E-state index is 12.0. The number of hydrogen-bond donors (Lipinski definition) is 2. The Kier molecular flexibility index (Phi) is 7.81. The highest BCUT2D eigenvalue weighted by molar-refractivity contribution is 5.79. The first-order chi connectivity index (χ1) is 19.3. The predicted molar refractivity (Wildman–Crippen MR) is 166 cm³/mol. The van der Waals surface area contributed by atoms with Crippen LogP contribution in [0, 0.1) is 52.3 Å². The fraction of sp³-hybridized carbons (Fsp3) is 0.632. The molecule has 2 aromatic rings. The first-order valence-electron chi connectivity index (χ1n) is 16.4. The van der Waals surface area contributed by atoms with Gasteiger partial charge in [-0.15, -0.1) is 0 Å². The second kappa shape index (κ2) is 11.1. The van der Waals surface area contributed by atoms with Crippen LogP contribution in [-0.2, 0) is 0 Å². The number of rotatable bonds is 6. The molecule has 40 heavy (non-hydrogen) atoms. The Hall–Kier alpha value is -1.90. The summed E-state index contributed by atoms with van der Waals surface area (Å²) in [5.41, 5.74) is 4.53. The summed E-state index contributed by atoms with van der Waals surface area (Å²) < 4.78 is 0. The fourth-order valence-electron chi connectivity index (χ4n) is 11.0. The maximum Gasteiger partial charge on any atom is 0.0605 e. The minimum Gasteiger partial charge on any atom is -0.393 e. The number of aliphatic hydroxyl groups excluding tert-OH is 2. The molecule has 0 heterocycles. The Morgan fingerprint density at radius 3 is 2.05 bits per heavy atom. The van der Waals surface area contributed by atoms with Crippen molar-refractivity contribution < 1.29 is 10.2 Å². The molecule has 0 amide bonds. The maximum atomic E-state index is 12.0. The predicted octanol–water partition coefficient (Wildman–Crippen LogP) is 8.77. The summed E-state index contributed by atoms with van der Waals surface area (Å²) in [5.74, 6) is 3.78. The molecule has 11 atom stereocenters. The van der Waals surface area contributed by atoms with E-state index in [0.29, 0.717) is 46.8 Å². The van der Waals surface area contributed by atoms with Gasteiger partial charge in [-0.2, -0.15) is 0 Å². The van der Waals surface area contributed by atoms with Crippen molar-refractivity contribution in [3.8, 4) is 0 Å². The number of benzene rings is 2. The molecule has 0 aromatic heterocycles. The summed E-state index contributed by atoms with van der Waals surface area (Å²) in [7, 11) is 0.